The highest BCUT2D eigenvalue weighted by molar-refractivity contribution is 6.31. The minimum absolute atomic E-state index is 0.0488. The van der Waals surface area contributed by atoms with E-state index in [-0.39, 0.29) is 17.9 Å². The number of hydrogen-bond acceptors (Lipinski definition) is 5. The molecule has 0 aliphatic heterocycles. The molecule has 0 radical (unpaired) electrons. The summed E-state index contributed by atoms with van der Waals surface area (Å²) in [6.07, 6.45) is 0. The summed E-state index contributed by atoms with van der Waals surface area (Å²) in [4.78, 5) is 23.7. The van der Waals surface area contributed by atoms with Gasteiger partial charge in [-0.1, -0.05) is 23.2 Å². The molecule has 2 aromatic carbocycles. The fraction of sp³-hybridized carbons (Fsp3) is 0.176. The molecular weight excluding hydrogens is 355 g/mol. The van der Waals surface area contributed by atoms with Crippen molar-refractivity contribution >= 4 is 35.1 Å². The Morgan fingerprint density at radius 3 is 2.25 bits per heavy atom. The van der Waals surface area contributed by atoms with Crippen LogP contribution in [0.15, 0.2) is 36.4 Å². The molecule has 7 heteroatoms. The molecule has 0 bridgehead atoms. The molecule has 0 heterocycles. The van der Waals surface area contributed by atoms with Gasteiger partial charge >= 0.3 is 11.9 Å². The minimum Gasteiger partial charge on any atom is -0.482 e. The number of benzene rings is 2. The van der Waals surface area contributed by atoms with Gasteiger partial charge < -0.3 is 14.2 Å². The molecule has 0 aromatic heterocycles. The van der Waals surface area contributed by atoms with Crippen LogP contribution < -0.4 is 9.47 Å². The van der Waals surface area contributed by atoms with Gasteiger partial charge in [-0.05, 0) is 48.9 Å². The molecule has 0 aliphatic carbocycles. The second kappa shape index (κ2) is 8.04. The average molecular weight is 369 g/mol. The molecule has 126 valence electrons. The number of esters is 2. The summed E-state index contributed by atoms with van der Waals surface area (Å²) in [6.45, 7) is 1.48. The van der Waals surface area contributed by atoms with Crippen molar-refractivity contribution in [3.8, 4) is 11.5 Å². The van der Waals surface area contributed by atoms with E-state index in [0.717, 1.165) is 5.56 Å². The minimum atomic E-state index is -0.670. The summed E-state index contributed by atoms with van der Waals surface area (Å²) in [6, 6.07) is 9.31. The van der Waals surface area contributed by atoms with Crippen molar-refractivity contribution in [2.24, 2.45) is 0 Å². The van der Waals surface area contributed by atoms with Gasteiger partial charge in [-0.2, -0.15) is 0 Å². The fourth-order valence-electron chi connectivity index (χ4n) is 1.92. The molecule has 0 atom stereocenters. The van der Waals surface area contributed by atoms with Crippen LogP contribution >= 0.6 is 23.2 Å². The second-order valence-corrected chi connectivity index (χ2v) is 5.68. The van der Waals surface area contributed by atoms with Crippen LogP contribution in [0.25, 0.3) is 0 Å². The highest BCUT2D eigenvalue weighted by Crippen LogP contribution is 2.25. The molecule has 5 nitrogen and oxygen atoms in total. The maximum Gasteiger partial charge on any atom is 0.349 e. The zero-order chi connectivity index (χ0) is 17.7. The Kier molecular flexibility index (Phi) is 6.06. The number of rotatable bonds is 5. The highest BCUT2D eigenvalue weighted by Gasteiger charge is 2.17. The van der Waals surface area contributed by atoms with Gasteiger partial charge in [-0.15, -0.1) is 0 Å². The Morgan fingerprint density at radius 1 is 1.00 bits per heavy atom. The number of halogens is 2. The Hall–Kier alpha value is -2.24. The zero-order valence-electron chi connectivity index (χ0n) is 13.0. The quantitative estimate of drug-likeness (QED) is 0.587. The van der Waals surface area contributed by atoms with Gasteiger partial charge in [0.15, 0.2) is 6.61 Å². The molecule has 0 saturated carbocycles. The van der Waals surface area contributed by atoms with Crippen LogP contribution in [0.3, 0.4) is 0 Å². The van der Waals surface area contributed by atoms with Gasteiger partial charge in [-0.3, -0.25) is 0 Å². The van der Waals surface area contributed by atoms with Gasteiger partial charge in [0.1, 0.15) is 17.1 Å². The van der Waals surface area contributed by atoms with Crippen LogP contribution in [0.1, 0.15) is 15.9 Å². The fourth-order valence-corrected chi connectivity index (χ4v) is 2.32. The SMILES string of the molecule is COC(=O)c1cc(Cl)ccc1OC(=O)COc1ccc(Cl)cc1C. The lowest BCUT2D eigenvalue weighted by Crippen LogP contribution is -2.19. The van der Waals surface area contributed by atoms with Crippen LogP contribution in [0.4, 0.5) is 0 Å². The van der Waals surface area contributed by atoms with Crippen molar-refractivity contribution in [1.82, 2.24) is 0 Å². The summed E-state index contributed by atoms with van der Waals surface area (Å²) >= 11 is 11.7. The van der Waals surface area contributed by atoms with E-state index >= 15 is 0 Å². The number of carbonyl (C=O) groups excluding carboxylic acids is 2. The third-order valence-electron chi connectivity index (χ3n) is 3.05. The Morgan fingerprint density at radius 2 is 1.62 bits per heavy atom. The molecule has 0 amide bonds. The third-order valence-corrected chi connectivity index (χ3v) is 3.52. The van der Waals surface area contributed by atoms with Gasteiger partial charge in [-0.25, -0.2) is 9.59 Å². The van der Waals surface area contributed by atoms with E-state index in [4.69, 9.17) is 32.7 Å². The zero-order valence-corrected chi connectivity index (χ0v) is 14.5. The van der Waals surface area contributed by atoms with Crippen LogP contribution in [-0.4, -0.2) is 25.7 Å². The van der Waals surface area contributed by atoms with Crippen molar-refractivity contribution in [1.29, 1.82) is 0 Å². The summed E-state index contributed by atoms with van der Waals surface area (Å²) in [5.74, 6) is -0.764. The van der Waals surface area contributed by atoms with Crippen molar-refractivity contribution in [2.75, 3.05) is 13.7 Å². The lowest BCUT2D eigenvalue weighted by Gasteiger charge is -2.11. The second-order valence-electron chi connectivity index (χ2n) is 4.80. The monoisotopic (exact) mass is 368 g/mol. The maximum absolute atomic E-state index is 12.0. The van der Waals surface area contributed by atoms with E-state index < -0.39 is 11.9 Å². The van der Waals surface area contributed by atoms with E-state index in [1.54, 1.807) is 25.1 Å². The van der Waals surface area contributed by atoms with Crippen LogP contribution in [0.2, 0.25) is 10.0 Å². The molecule has 0 spiro atoms. The largest absolute Gasteiger partial charge is 0.482 e. The summed E-state index contributed by atoms with van der Waals surface area (Å²) in [5, 5.41) is 0.898. The molecule has 2 aromatic rings. The molecule has 0 fully saturated rings. The van der Waals surface area contributed by atoms with E-state index in [1.807, 2.05) is 0 Å². The molecule has 0 unspecified atom stereocenters. The first-order chi connectivity index (χ1) is 11.4. The van der Waals surface area contributed by atoms with Crippen LogP contribution in [0.5, 0.6) is 11.5 Å². The van der Waals surface area contributed by atoms with E-state index in [2.05, 4.69) is 4.74 Å². The first-order valence-electron chi connectivity index (χ1n) is 6.88. The number of methoxy groups -OCH3 is 1. The molecule has 24 heavy (non-hydrogen) atoms. The van der Waals surface area contributed by atoms with Gasteiger partial charge in [0, 0.05) is 10.0 Å². The summed E-state index contributed by atoms with van der Waals surface area (Å²) in [7, 11) is 1.22. The summed E-state index contributed by atoms with van der Waals surface area (Å²) < 4.78 is 15.2. The maximum atomic E-state index is 12.0. The van der Waals surface area contributed by atoms with Crippen molar-refractivity contribution in [3.05, 3.63) is 57.6 Å². The third kappa shape index (κ3) is 4.63. The van der Waals surface area contributed by atoms with Crippen molar-refractivity contribution in [3.63, 3.8) is 0 Å². The standard InChI is InChI=1S/C17H14Cl2O5/c1-10-7-11(18)3-5-14(10)23-9-16(20)24-15-6-4-12(19)8-13(15)17(21)22-2/h3-8H,9H2,1-2H3. The first kappa shape index (κ1) is 18.1. The van der Waals surface area contributed by atoms with E-state index in [9.17, 15) is 9.59 Å². The molecule has 0 aliphatic rings. The predicted octanol–water partition coefficient (Wildman–Crippen LogP) is 4.07. The van der Waals surface area contributed by atoms with Crippen LogP contribution in [-0.2, 0) is 9.53 Å². The average Bonchev–Trinajstić information content (AvgIpc) is 2.55. The number of aryl methyl sites for hydroxylation is 1. The number of hydrogen-bond donors (Lipinski definition) is 0. The summed E-state index contributed by atoms with van der Waals surface area (Å²) in [5.41, 5.74) is 0.845. The highest BCUT2D eigenvalue weighted by atomic mass is 35.5. The lowest BCUT2D eigenvalue weighted by molar-refractivity contribution is -0.136. The first-order valence-corrected chi connectivity index (χ1v) is 7.64. The molecule has 2 rings (SSSR count). The lowest BCUT2D eigenvalue weighted by atomic mass is 10.2. The molecule has 0 saturated heterocycles. The Labute approximate surface area is 149 Å². The Balaban J connectivity index is 2.06. The number of ether oxygens (including phenoxy) is 3. The normalized spacial score (nSPS) is 10.2. The van der Waals surface area contributed by atoms with E-state index in [1.165, 1.54) is 25.3 Å². The van der Waals surface area contributed by atoms with Gasteiger partial charge in [0.05, 0.1) is 7.11 Å². The molecule has 0 N–H and O–H groups in total. The van der Waals surface area contributed by atoms with Gasteiger partial charge in [0.2, 0.25) is 0 Å². The Bertz CT molecular complexity index is 774. The predicted molar refractivity (Wildman–Crippen MR) is 90.1 cm³/mol. The topological polar surface area (TPSA) is 61.8 Å². The van der Waals surface area contributed by atoms with Crippen molar-refractivity contribution < 1.29 is 23.8 Å². The van der Waals surface area contributed by atoms with Gasteiger partial charge in [0.25, 0.3) is 0 Å². The van der Waals surface area contributed by atoms with E-state index in [0.29, 0.717) is 15.8 Å². The van der Waals surface area contributed by atoms with Crippen molar-refractivity contribution in [2.45, 2.75) is 6.92 Å². The number of carbonyl (C=O) groups is 2. The molecular formula is C17H14Cl2O5. The van der Waals surface area contributed by atoms with Crippen LogP contribution in [0, 0.1) is 6.92 Å². The smallest absolute Gasteiger partial charge is 0.349 e.